The number of phenols is 1. The van der Waals surface area contributed by atoms with E-state index in [9.17, 15) is 9.90 Å². The lowest BCUT2D eigenvalue weighted by Crippen LogP contribution is -2.13. The molecule has 3 nitrogen and oxygen atoms in total. The number of benzene rings is 1. The zero-order chi connectivity index (χ0) is 13.3. The van der Waals surface area contributed by atoms with Gasteiger partial charge >= 0.3 is 5.63 Å². The average molecular weight is 246 g/mol. The third-order valence-electron chi connectivity index (χ3n) is 3.12. The van der Waals surface area contributed by atoms with E-state index in [4.69, 9.17) is 4.42 Å². The van der Waals surface area contributed by atoms with Crippen molar-refractivity contribution in [3.05, 3.63) is 39.7 Å². The molecule has 0 saturated carbocycles. The predicted molar refractivity (Wildman–Crippen MR) is 72.2 cm³/mol. The Hall–Kier alpha value is -1.77. The van der Waals surface area contributed by atoms with Gasteiger partial charge < -0.3 is 9.52 Å². The molecule has 96 valence electrons. The summed E-state index contributed by atoms with van der Waals surface area (Å²) < 4.78 is 5.31. The van der Waals surface area contributed by atoms with Gasteiger partial charge in [-0.25, -0.2) is 4.79 Å². The quantitative estimate of drug-likeness (QED) is 0.842. The number of fused-ring (bicyclic) bond motifs is 1. The van der Waals surface area contributed by atoms with Crippen LogP contribution in [0.2, 0.25) is 0 Å². The largest absolute Gasteiger partial charge is 0.508 e. The van der Waals surface area contributed by atoms with Crippen molar-refractivity contribution in [2.45, 2.75) is 39.5 Å². The van der Waals surface area contributed by atoms with Crippen molar-refractivity contribution >= 4 is 11.0 Å². The molecule has 2 rings (SSSR count). The van der Waals surface area contributed by atoms with E-state index in [0.717, 1.165) is 29.4 Å². The van der Waals surface area contributed by atoms with Crippen LogP contribution in [0.3, 0.4) is 0 Å². The van der Waals surface area contributed by atoms with Crippen molar-refractivity contribution in [1.29, 1.82) is 0 Å². The van der Waals surface area contributed by atoms with E-state index in [-0.39, 0.29) is 17.3 Å². The van der Waals surface area contributed by atoms with Gasteiger partial charge in [0.2, 0.25) is 0 Å². The molecule has 3 heteroatoms. The Bertz CT molecular complexity index is 623. The molecule has 0 saturated heterocycles. The van der Waals surface area contributed by atoms with E-state index in [2.05, 4.69) is 6.92 Å². The molecule has 0 aliphatic rings. The Morgan fingerprint density at radius 2 is 2.06 bits per heavy atom. The van der Waals surface area contributed by atoms with E-state index in [0.29, 0.717) is 5.58 Å². The molecule has 1 N–H and O–H groups in total. The fourth-order valence-corrected chi connectivity index (χ4v) is 2.37. The molecule has 1 aromatic carbocycles. The highest BCUT2D eigenvalue weighted by Crippen LogP contribution is 2.28. The first-order valence-electron chi connectivity index (χ1n) is 6.33. The monoisotopic (exact) mass is 246 g/mol. The van der Waals surface area contributed by atoms with Crippen LogP contribution in [0.15, 0.2) is 27.4 Å². The average Bonchev–Trinajstić information content (AvgIpc) is 2.27. The summed E-state index contributed by atoms with van der Waals surface area (Å²) in [4.78, 5) is 12.0. The van der Waals surface area contributed by atoms with Crippen molar-refractivity contribution in [2.24, 2.45) is 0 Å². The molecule has 0 radical (unpaired) electrons. The highest BCUT2D eigenvalue weighted by molar-refractivity contribution is 5.82. The van der Waals surface area contributed by atoms with Gasteiger partial charge in [-0.05, 0) is 30.0 Å². The van der Waals surface area contributed by atoms with E-state index < -0.39 is 0 Å². The zero-order valence-electron chi connectivity index (χ0n) is 11.0. The number of rotatable bonds is 3. The third-order valence-corrected chi connectivity index (χ3v) is 3.12. The molecule has 0 aliphatic carbocycles. The summed E-state index contributed by atoms with van der Waals surface area (Å²) in [6.45, 7) is 6.08. The molecule has 2 aromatic rings. The van der Waals surface area contributed by atoms with Gasteiger partial charge in [0.05, 0.1) is 0 Å². The molecular formula is C15H18O3. The summed E-state index contributed by atoms with van der Waals surface area (Å²) >= 11 is 0. The topological polar surface area (TPSA) is 50.4 Å². The van der Waals surface area contributed by atoms with Crippen molar-refractivity contribution < 1.29 is 9.52 Å². The van der Waals surface area contributed by atoms with Gasteiger partial charge in [-0.2, -0.15) is 0 Å². The number of aromatic hydroxyl groups is 1. The smallest absolute Gasteiger partial charge is 0.339 e. The van der Waals surface area contributed by atoms with Crippen molar-refractivity contribution in [3.63, 3.8) is 0 Å². The Labute approximate surface area is 106 Å². The normalized spacial score (nSPS) is 11.3. The first kappa shape index (κ1) is 12.7. The van der Waals surface area contributed by atoms with Gasteiger partial charge in [0.25, 0.3) is 0 Å². The van der Waals surface area contributed by atoms with E-state index in [1.54, 1.807) is 6.07 Å². The van der Waals surface area contributed by atoms with Crippen LogP contribution >= 0.6 is 0 Å². The van der Waals surface area contributed by atoms with Crippen molar-refractivity contribution in [2.75, 3.05) is 0 Å². The minimum atomic E-state index is -0.286. The summed E-state index contributed by atoms with van der Waals surface area (Å²) in [5.41, 5.74) is 1.99. The van der Waals surface area contributed by atoms with Crippen LogP contribution in [0.5, 0.6) is 5.75 Å². The molecule has 1 aromatic heterocycles. The number of hydrogen-bond acceptors (Lipinski definition) is 3. The summed E-state index contributed by atoms with van der Waals surface area (Å²) in [5.74, 6) is 0.256. The lowest BCUT2D eigenvalue weighted by molar-refractivity contribution is 0.472. The van der Waals surface area contributed by atoms with Crippen LogP contribution in [0.25, 0.3) is 11.0 Å². The lowest BCUT2D eigenvalue weighted by Gasteiger charge is -2.13. The molecule has 1 heterocycles. The molecule has 0 atom stereocenters. The minimum Gasteiger partial charge on any atom is -0.508 e. The maximum Gasteiger partial charge on any atom is 0.339 e. The Morgan fingerprint density at radius 3 is 2.67 bits per heavy atom. The zero-order valence-corrected chi connectivity index (χ0v) is 11.0. The molecule has 0 aliphatic heterocycles. The highest BCUT2D eigenvalue weighted by Gasteiger charge is 2.16. The van der Waals surface area contributed by atoms with E-state index in [1.165, 1.54) is 6.07 Å². The first-order valence-corrected chi connectivity index (χ1v) is 6.33. The fourth-order valence-electron chi connectivity index (χ4n) is 2.37. The van der Waals surface area contributed by atoms with Crippen LogP contribution < -0.4 is 5.63 Å². The maximum atomic E-state index is 12.0. The molecule has 0 unspecified atom stereocenters. The van der Waals surface area contributed by atoms with Crippen LogP contribution in [0.4, 0.5) is 0 Å². The molecule has 18 heavy (non-hydrogen) atoms. The number of hydrogen-bond donors (Lipinski definition) is 1. The number of aryl methyl sites for hydroxylation is 1. The van der Waals surface area contributed by atoms with E-state index in [1.807, 2.05) is 19.9 Å². The second-order valence-electron chi connectivity index (χ2n) is 4.87. The minimum absolute atomic E-state index is 0.116. The van der Waals surface area contributed by atoms with Crippen LogP contribution in [0, 0.1) is 0 Å². The lowest BCUT2D eigenvalue weighted by atomic mass is 9.93. The Morgan fingerprint density at radius 1 is 1.33 bits per heavy atom. The summed E-state index contributed by atoms with van der Waals surface area (Å²) in [6.07, 6.45) is 1.82. The van der Waals surface area contributed by atoms with Crippen molar-refractivity contribution in [1.82, 2.24) is 0 Å². The standard InChI is InChI=1S/C15H18O3/c1-4-5-12-11-7-6-10(16)8-13(11)18-15(17)14(12)9(2)3/h6-9,16H,4-5H2,1-3H3. The Balaban J connectivity index is 2.84. The van der Waals surface area contributed by atoms with Crippen LogP contribution in [-0.4, -0.2) is 5.11 Å². The second kappa shape index (κ2) is 4.84. The summed E-state index contributed by atoms with van der Waals surface area (Å²) in [5, 5.41) is 10.4. The first-order chi connectivity index (χ1) is 8.54. The van der Waals surface area contributed by atoms with Gasteiger partial charge in [-0.1, -0.05) is 27.2 Å². The van der Waals surface area contributed by atoms with Crippen LogP contribution in [-0.2, 0) is 6.42 Å². The SMILES string of the molecule is CCCc1c(C(C)C)c(=O)oc2cc(O)ccc12. The van der Waals surface area contributed by atoms with E-state index >= 15 is 0 Å². The summed E-state index contributed by atoms with van der Waals surface area (Å²) in [6, 6.07) is 4.95. The Kier molecular flexibility index (Phi) is 3.41. The fraction of sp³-hybridized carbons (Fsp3) is 0.400. The van der Waals surface area contributed by atoms with Gasteiger partial charge in [-0.3, -0.25) is 0 Å². The van der Waals surface area contributed by atoms with Gasteiger partial charge in [0.15, 0.2) is 0 Å². The van der Waals surface area contributed by atoms with Crippen molar-refractivity contribution in [3.8, 4) is 5.75 Å². The van der Waals surface area contributed by atoms with Gasteiger partial charge in [0.1, 0.15) is 11.3 Å². The summed E-state index contributed by atoms with van der Waals surface area (Å²) in [7, 11) is 0. The molecule has 0 amide bonds. The third kappa shape index (κ3) is 2.13. The molecule has 0 spiro atoms. The molecule has 0 bridgehead atoms. The maximum absolute atomic E-state index is 12.0. The van der Waals surface area contributed by atoms with Gasteiger partial charge in [0, 0.05) is 17.0 Å². The van der Waals surface area contributed by atoms with Gasteiger partial charge in [-0.15, -0.1) is 0 Å². The molecule has 0 fully saturated rings. The highest BCUT2D eigenvalue weighted by atomic mass is 16.4. The van der Waals surface area contributed by atoms with Crippen LogP contribution in [0.1, 0.15) is 44.2 Å². The number of phenolic OH excluding ortho intramolecular Hbond substituents is 1. The second-order valence-corrected chi connectivity index (χ2v) is 4.87. The predicted octanol–water partition coefficient (Wildman–Crippen LogP) is 3.57. The molecular weight excluding hydrogens is 228 g/mol.